The SMILES string of the molecule is C.CCC.c1ccc(OCC2CO2)cc1. The monoisotopic (exact) mass is 210 g/mol. The molecule has 0 saturated carbocycles. The summed E-state index contributed by atoms with van der Waals surface area (Å²) in [5, 5.41) is 0. The van der Waals surface area contributed by atoms with Crippen LogP contribution in [0.2, 0.25) is 0 Å². The van der Waals surface area contributed by atoms with Gasteiger partial charge in [0.25, 0.3) is 0 Å². The molecule has 1 atom stereocenters. The molecule has 0 bridgehead atoms. The van der Waals surface area contributed by atoms with Gasteiger partial charge in [-0.25, -0.2) is 0 Å². The second kappa shape index (κ2) is 8.30. The molecule has 2 nitrogen and oxygen atoms in total. The quantitative estimate of drug-likeness (QED) is 0.712. The largest absolute Gasteiger partial charge is 0.491 e. The van der Waals surface area contributed by atoms with Gasteiger partial charge in [0.1, 0.15) is 18.5 Å². The van der Waals surface area contributed by atoms with Crippen LogP contribution in [0.3, 0.4) is 0 Å². The van der Waals surface area contributed by atoms with E-state index in [9.17, 15) is 0 Å². The van der Waals surface area contributed by atoms with Gasteiger partial charge in [-0.05, 0) is 12.1 Å². The van der Waals surface area contributed by atoms with Crippen molar-refractivity contribution >= 4 is 0 Å². The smallest absolute Gasteiger partial charge is 0.119 e. The molecule has 1 aromatic rings. The van der Waals surface area contributed by atoms with Crippen molar-refractivity contribution < 1.29 is 9.47 Å². The van der Waals surface area contributed by atoms with Crippen LogP contribution in [0.15, 0.2) is 30.3 Å². The van der Waals surface area contributed by atoms with E-state index in [1.165, 1.54) is 6.42 Å². The first-order chi connectivity index (χ1) is 6.86. The van der Waals surface area contributed by atoms with Crippen LogP contribution in [0.4, 0.5) is 0 Å². The second-order valence-electron chi connectivity index (χ2n) is 3.29. The zero-order valence-electron chi connectivity index (χ0n) is 8.90. The number of hydrogen-bond donors (Lipinski definition) is 0. The van der Waals surface area contributed by atoms with Crippen LogP contribution in [-0.4, -0.2) is 19.3 Å². The lowest BCUT2D eigenvalue weighted by Crippen LogP contribution is -2.03. The van der Waals surface area contributed by atoms with Gasteiger partial charge in [-0.3, -0.25) is 0 Å². The third-order valence-electron chi connectivity index (χ3n) is 1.58. The van der Waals surface area contributed by atoms with E-state index in [1.807, 2.05) is 30.3 Å². The molecule has 0 aliphatic carbocycles. The Bertz CT molecular complexity index is 230. The van der Waals surface area contributed by atoms with Gasteiger partial charge in [-0.2, -0.15) is 0 Å². The topological polar surface area (TPSA) is 21.8 Å². The standard InChI is InChI=1S/C9H10O2.C3H8.CH4/c1-2-4-8(5-3-1)10-6-9-7-11-9;1-3-2;/h1-5,9H,6-7H2;3H2,1-2H3;1H4. The third-order valence-corrected chi connectivity index (χ3v) is 1.58. The van der Waals surface area contributed by atoms with E-state index in [1.54, 1.807) is 0 Å². The van der Waals surface area contributed by atoms with Crippen molar-refractivity contribution in [1.82, 2.24) is 0 Å². The first-order valence-electron chi connectivity index (χ1n) is 5.16. The van der Waals surface area contributed by atoms with Crippen LogP contribution in [0.1, 0.15) is 27.7 Å². The van der Waals surface area contributed by atoms with Crippen molar-refractivity contribution in [3.63, 3.8) is 0 Å². The molecule has 1 aliphatic heterocycles. The minimum Gasteiger partial charge on any atom is -0.491 e. The summed E-state index contributed by atoms with van der Waals surface area (Å²) in [5.74, 6) is 0.919. The number of ether oxygens (including phenoxy) is 2. The minimum atomic E-state index is 0. The first-order valence-corrected chi connectivity index (χ1v) is 5.16. The second-order valence-corrected chi connectivity index (χ2v) is 3.29. The van der Waals surface area contributed by atoms with Crippen LogP contribution in [0, 0.1) is 0 Å². The molecule has 2 heteroatoms. The summed E-state index contributed by atoms with van der Waals surface area (Å²) < 4.78 is 10.4. The predicted molar refractivity (Wildman–Crippen MR) is 64.4 cm³/mol. The Morgan fingerprint density at radius 2 is 1.80 bits per heavy atom. The van der Waals surface area contributed by atoms with Crippen LogP contribution in [-0.2, 0) is 4.74 Å². The Labute approximate surface area is 93.2 Å². The zero-order valence-corrected chi connectivity index (χ0v) is 8.90. The molecule has 1 aromatic carbocycles. The number of hydrogen-bond acceptors (Lipinski definition) is 2. The normalized spacial score (nSPS) is 16.8. The lowest BCUT2D eigenvalue weighted by Gasteiger charge is -2.01. The molecular weight excluding hydrogens is 188 g/mol. The van der Waals surface area contributed by atoms with E-state index >= 15 is 0 Å². The number of para-hydroxylation sites is 1. The third kappa shape index (κ3) is 6.97. The molecule has 1 heterocycles. The highest BCUT2D eigenvalue weighted by Gasteiger charge is 2.22. The molecule has 1 unspecified atom stereocenters. The van der Waals surface area contributed by atoms with Gasteiger partial charge in [0, 0.05) is 0 Å². The fourth-order valence-electron chi connectivity index (χ4n) is 0.870. The number of epoxide rings is 1. The Balaban J connectivity index is 0.000000443. The Hall–Kier alpha value is -1.02. The summed E-state index contributed by atoms with van der Waals surface area (Å²) in [7, 11) is 0. The maximum atomic E-state index is 5.40. The van der Waals surface area contributed by atoms with Crippen molar-refractivity contribution in [3.8, 4) is 5.75 Å². The molecule has 15 heavy (non-hydrogen) atoms. The van der Waals surface area contributed by atoms with E-state index in [0.717, 1.165) is 12.4 Å². The fraction of sp³-hybridized carbons (Fsp3) is 0.538. The molecule has 2 rings (SSSR count). The van der Waals surface area contributed by atoms with Crippen LogP contribution in [0.25, 0.3) is 0 Å². The van der Waals surface area contributed by atoms with Crippen molar-refractivity contribution in [2.75, 3.05) is 13.2 Å². The summed E-state index contributed by atoms with van der Waals surface area (Å²) in [5.41, 5.74) is 0. The Kier molecular flexibility index (Phi) is 7.74. The summed E-state index contributed by atoms with van der Waals surface area (Å²) in [4.78, 5) is 0. The molecule has 1 fully saturated rings. The highest BCUT2D eigenvalue weighted by atomic mass is 16.6. The van der Waals surface area contributed by atoms with E-state index in [4.69, 9.17) is 9.47 Å². The van der Waals surface area contributed by atoms with Crippen molar-refractivity contribution in [2.45, 2.75) is 33.8 Å². The summed E-state index contributed by atoms with van der Waals surface area (Å²) >= 11 is 0. The lowest BCUT2D eigenvalue weighted by atomic mass is 10.3. The molecule has 0 N–H and O–H groups in total. The zero-order chi connectivity index (χ0) is 10.2. The van der Waals surface area contributed by atoms with Crippen LogP contribution < -0.4 is 4.74 Å². The molecule has 0 amide bonds. The van der Waals surface area contributed by atoms with Gasteiger partial charge in [0.15, 0.2) is 0 Å². The highest BCUT2D eigenvalue weighted by molar-refractivity contribution is 5.20. The summed E-state index contributed by atoms with van der Waals surface area (Å²) in [6.45, 7) is 5.79. The fourth-order valence-corrected chi connectivity index (χ4v) is 0.870. The predicted octanol–water partition coefficient (Wildman–Crippen LogP) is 3.52. The molecule has 0 spiro atoms. The molecular formula is C13H22O2. The number of benzene rings is 1. The van der Waals surface area contributed by atoms with Gasteiger partial charge >= 0.3 is 0 Å². The van der Waals surface area contributed by atoms with Crippen molar-refractivity contribution in [3.05, 3.63) is 30.3 Å². The minimum absolute atomic E-state index is 0. The average Bonchev–Trinajstić information content (AvgIpc) is 3.01. The number of rotatable bonds is 3. The molecule has 0 aromatic heterocycles. The average molecular weight is 210 g/mol. The van der Waals surface area contributed by atoms with E-state index in [2.05, 4.69) is 13.8 Å². The van der Waals surface area contributed by atoms with Gasteiger partial charge in [-0.1, -0.05) is 45.9 Å². The first kappa shape index (κ1) is 14.0. The molecule has 0 radical (unpaired) electrons. The maximum Gasteiger partial charge on any atom is 0.119 e. The van der Waals surface area contributed by atoms with Gasteiger partial charge in [0.05, 0.1) is 6.61 Å². The Morgan fingerprint density at radius 1 is 1.27 bits per heavy atom. The summed E-state index contributed by atoms with van der Waals surface area (Å²) in [6.07, 6.45) is 1.59. The lowest BCUT2D eigenvalue weighted by molar-refractivity contribution is 0.263. The molecule has 1 aliphatic rings. The molecule has 1 saturated heterocycles. The Morgan fingerprint density at radius 3 is 2.27 bits per heavy atom. The summed E-state index contributed by atoms with van der Waals surface area (Å²) in [6, 6.07) is 9.79. The van der Waals surface area contributed by atoms with Crippen LogP contribution in [0.5, 0.6) is 5.75 Å². The van der Waals surface area contributed by atoms with E-state index in [0.29, 0.717) is 12.7 Å². The highest BCUT2D eigenvalue weighted by Crippen LogP contribution is 2.13. The van der Waals surface area contributed by atoms with Crippen LogP contribution >= 0.6 is 0 Å². The maximum absolute atomic E-state index is 5.40. The van der Waals surface area contributed by atoms with Gasteiger partial charge in [-0.15, -0.1) is 0 Å². The van der Waals surface area contributed by atoms with E-state index in [-0.39, 0.29) is 7.43 Å². The van der Waals surface area contributed by atoms with Gasteiger partial charge in [0.2, 0.25) is 0 Å². The van der Waals surface area contributed by atoms with E-state index < -0.39 is 0 Å². The van der Waals surface area contributed by atoms with Crippen molar-refractivity contribution in [2.24, 2.45) is 0 Å². The molecule has 86 valence electrons. The van der Waals surface area contributed by atoms with Crippen molar-refractivity contribution in [1.29, 1.82) is 0 Å². The van der Waals surface area contributed by atoms with Gasteiger partial charge < -0.3 is 9.47 Å².